The number of likely N-dealkylation sites (tertiary alicyclic amines) is 1. The Morgan fingerprint density at radius 2 is 1.94 bits per heavy atom. The van der Waals surface area contributed by atoms with Gasteiger partial charge in [0.25, 0.3) is 5.56 Å². The number of pyridine rings is 1. The number of ether oxygens (including phenoxy) is 1. The second kappa shape index (κ2) is 7.63. The van der Waals surface area contributed by atoms with Crippen LogP contribution in [0.4, 0.5) is 0 Å². The highest BCUT2D eigenvalue weighted by molar-refractivity contribution is 5.80. The molecule has 0 radical (unpaired) electrons. The number of aromatic nitrogens is 5. The largest absolute Gasteiger partial charge is 0.472 e. The summed E-state index contributed by atoms with van der Waals surface area (Å²) in [6.45, 7) is 0.960. The summed E-state index contributed by atoms with van der Waals surface area (Å²) in [7, 11) is 2.96. The number of nitrogens with zero attached hydrogens (tertiary/aromatic N) is 6. The lowest BCUT2D eigenvalue weighted by molar-refractivity contribution is -0.131. The molecule has 32 heavy (non-hydrogen) atoms. The van der Waals surface area contributed by atoms with Gasteiger partial charge in [0.1, 0.15) is 12.6 Å². The molecule has 10 heteroatoms. The van der Waals surface area contributed by atoms with Gasteiger partial charge >= 0.3 is 5.69 Å². The topological polar surface area (TPSA) is 104 Å². The van der Waals surface area contributed by atoms with Crippen LogP contribution in [-0.4, -0.2) is 53.7 Å². The zero-order chi connectivity index (χ0) is 22.4. The van der Waals surface area contributed by atoms with Gasteiger partial charge < -0.3 is 14.2 Å². The first-order chi connectivity index (χ1) is 15.4. The number of carbonyl (C=O) groups excluding carboxylic acids is 1. The van der Waals surface area contributed by atoms with Crippen molar-refractivity contribution in [2.24, 2.45) is 14.1 Å². The summed E-state index contributed by atoms with van der Waals surface area (Å²) in [5.41, 5.74) is 0.421. The molecular formula is C22H22N6O4. The van der Waals surface area contributed by atoms with Gasteiger partial charge in [-0.3, -0.25) is 18.7 Å². The quantitative estimate of drug-likeness (QED) is 0.467. The maximum Gasteiger partial charge on any atom is 0.332 e. The summed E-state index contributed by atoms with van der Waals surface area (Å²) in [4.78, 5) is 48.0. The molecule has 0 bridgehead atoms. The van der Waals surface area contributed by atoms with Gasteiger partial charge in [0, 0.05) is 38.5 Å². The second-order valence-electron chi connectivity index (χ2n) is 7.96. The van der Waals surface area contributed by atoms with Crippen LogP contribution >= 0.6 is 0 Å². The Balaban J connectivity index is 1.30. The van der Waals surface area contributed by atoms with E-state index in [9.17, 15) is 14.4 Å². The molecule has 5 rings (SSSR count). The van der Waals surface area contributed by atoms with Gasteiger partial charge in [0.05, 0.1) is 18.4 Å². The van der Waals surface area contributed by atoms with E-state index >= 15 is 0 Å². The molecular weight excluding hydrogens is 412 g/mol. The molecule has 1 aromatic carbocycles. The maximum absolute atomic E-state index is 12.9. The standard InChI is InChI=1S/C22H22N6O4/c1-25-20-19(21(30)26(2)22(25)31)28(13-23-20)12-18(29)27-10-9-15(11-27)32-17-8-7-14-5-3-4-6-16(14)24-17/h3-8,13,15H,9-12H2,1-2H3. The molecule has 0 aliphatic carbocycles. The Kier molecular flexibility index (Phi) is 4.76. The minimum absolute atomic E-state index is 0.0368. The monoisotopic (exact) mass is 434 g/mol. The molecule has 164 valence electrons. The summed E-state index contributed by atoms with van der Waals surface area (Å²) >= 11 is 0. The third kappa shape index (κ3) is 3.33. The number of carbonyl (C=O) groups is 1. The predicted molar refractivity (Wildman–Crippen MR) is 118 cm³/mol. The summed E-state index contributed by atoms with van der Waals surface area (Å²) < 4.78 is 9.83. The van der Waals surface area contributed by atoms with Crippen LogP contribution in [0.1, 0.15) is 6.42 Å². The van der Waals surface area contributed by atoms with Crippen LogP contribution < -0.4 is 16.0 Å². The van der Waals surface area contributed by atoms with E-state index < -0.39 is 11.2 Å². The van der Waals surface area contributed by atoms with E-state index in [1.54, 1.807) is 11.9 Å². The lowest BCUT2D eigenvalue weighted by Gasteiger charge is -2.17. The summed E-state index contributed by atoms with van der Waals surface area (Å²) in [6, 6.07) is 11.6. The number of hydrogen-bond acceptors (Lipinski definition) is 6. The third-order valence-electron chi connectivity index (χ3n) is 5.88. The van der Waals surface area contributed by atoms with Crippen molar-refractivity contribution in [2.45, 2.75) is 19.1 Å². The highest BCUT2D eigenvalue weighted by Gasteiger charge is 2.28. The zero-order valence-corrected chi connectivity index (χ0v) is 17.8. The van der Waals surface area contributed by atoms with Crippen molar-refractivity contribution in [1.29, 1.82) is 0 Å². The van der Waals surface area contributed by atoms with Crippen LogP contribution in [0, 0.1) is 0 Å². The Bertz CT molecular complexity index is 1470. The number of imidazole rings is 1. The van der Waals surface area contributed by atoms with E-state index in [1.165, 1.54) is 22.5 Å². The number of rotatable bonds is 4. The van der Waals surface area contributed by atoms with Crippen molar-refractivity contribution in [2.75, 3.05) is 13.1 Å². The van der Waals surface area contributed by atoms with Crippen LogP contribution in [0.3, 0.4) is 0 Å². The van der Waals surface area contributed by atoms with Gasteiger partial charge in [-0.15, -0.1) is 0 Å². The average Bonchev–Trinajstić information content (AvgIpc) is 3.43. The second-order valence-corrected chi connectivity index (χ2v) is 7.96. The molecule has 0 spiro atoms. The first kappa shape index (κ1) is 20.0. The Morgan fingerprint density at radius 1 is 1.12 bits per heavy atom. The molecule has 1 atom stereocenters. The van der Waals surface area contributed by atoms with Crippen LogP contribution in [0.5, 0.6) is 5.88 Å². The number of aryl methyl sites for hydroxylation is 1. The van der Waals surface area contributed by atoms with Crippen LogP contribution in [0.2, 0.25) is 0 Å². The number of fused-ring (bicyclic) bond motifs is 2. The van der Waals surface area contributed by atoms with Gasteiger partial charge in [-0.2, -0.15) is 0 Å². The molecule has 1 saturated heterocycles. The van der Waals surface area contributed by atoms with E-state index in [-0.39, 0.29) is 29.7 Å². The minimum Gasteiger partial charge on any atom is -0.472 e. The molecule has 1 unspecified atom stereocenters. The van der Waals surface area contributed by atoms with Gasteiger partial charge in [-0.1, -0.05) is 18.2 Å². The van der Waals surface area contributed by atoms with Crippen LogP contribution in [0.25, 0.3) is 22.1 Å². The first-order valence-corrected chi connectivity index (χ1v) is 10.3. The predicted octanol–water partition coefficient (Wildman–Crippen LogP) is 0.662. The molecule has 1 aliphatic heterocycles. The Labute approximate surface area is 182 Å². The zero-order valence-electron chi connectivity index (χ0n) is 17.8. The molecule has 0 N–H and O–H groups in total. The summed E-state index contributed by atoms with van der Waals surface area (Å²) in [5, 5.41) is 1.04. The first-order valence-electron chi connectivity index (χ1n) is 10.3. The smallest absolute Gasteiger partial charge is 0.332 e. The van der Waals surface area contributed by atoms with Crippen molar-refractivity contribution in [3.8, 4) is 5.88 Å². The molecule has 4 heterocycles. The van der Waals surface area contributed by atoms with Crippen molar-refractivity contribution in [3.63, 3.8) is 0 Å². The average molecular weight is 434 g/mol. The fourth-order valence-corrected chi connectivity index (χ4v) is 4.10. The molecule has 4 aromatic rings. The third-order valence-corrected chi connectivity index (χ3v) is 5.88. The maximum atomic E-state index is 12.9. The van der Waals surface area contributed by atoms with E-state index in [2.05, 4.69) is 9.97 Å². The fraction of sp³-hybridized carbons (Fsp3) is 0.318. The van der Waals surface area contributed by atoms with Gasteiger partial charge in [0.2, 0.25) is 11.8 Å². The molecule has 10 nitrogen and oxygen atoms in total. The molecule has 1 amide bonds. The number of hydrogen-bond donors (Lipinski definition) is 0. The highest BCUT2D eigenvalue weighted by Crippen LogP contribution is 2.20. The normalized spacial score (nSPS) is 16.2. The Hall–Kier alpha value is -3.95. The van der Waals surface area contributed by atoms with Crippen molar-refractivity contribution < 1.29 is 9.53 Å². The highest BCUT2D eigenvalue weighted by atomic mass is 16.5. The van der Waals surface area contributed by atoms with E-state index in [0.29, 0.717) is 25.4 Å². The fourth-order valence-electron chi connectivity index (χ4n) is 4.10. The molecule has 0 saturated carbocycles. The van der Waals surface area contributed by atoms with Crippen molar-refractivity contribution in [1.82, 2.24) is 28.6 Å². The number of amides is 1. The molecule has 1 aliphatic rings. The lowest BCUT2D eigenvalue weighted by atomic mass is 10.2. The summed E-state index contributed by atoms with van der Waals surface area (Å²) in [5.74, 6) is 0.394. The number of benzene rings is 1. The van der Waals surface area contributed by atoms with E-state index in [0.717, 1.165) is 15.5 Å². The molecule has 1 fully saturated rings. The van der Waals surface area contributed by atoms with Gasteiger partial charge in [-0.25, -0.2) is 14.8 Å². The number of para-hydroxylation sites is 1. The van der Waals surface area contributed by atoms with E-state index in [1.807, 2.05) is 36.4 Å². The van der Waals surface area contributed by atoms with Gasteiger partial charge in [0.15, 0.2) is 11.2 Å². The molecule has 3 aromatic heterocycles. The van der Waals surface area contributed by atoms with Crippen LogP contribution in [0.15, 0.2) is 52.3 Å². The van der Waals surface area contributed by atoms with Crippen molar-refractivity contribution >= 4 is 28.0 Å². The summed E-state index contributed by atoms with van der Waals surface area (Å²) in [6.07, 6.45) is 1.97. The van der Waals surface area contributed by atoms with Crippen molar-refractivity contribution in [3.05, 3.63) is 63.6 Å². The van der Waals surface area contributed by atoms with Crippen LogP contribution in [-0.2, 0) is 25.4 Å². The lowest BCUT2D eigenvalue weighted by Crippen LogP contribution is -2.38. The minimum atomic E-state index is -0.474. The van der Waals surface area contributed by atoms with Gasteiger partial charge in [-0.05, 0) is 12.1 Å². The van der Waals surface area contributed by atoms with E-state index in [4.69, 9.17) is 4.74 Å². The SMILES string of the molecule is Cn1c(=O)c2c(ncn2CC(=O)N2CCC(Oc3ccc4ccccc4n3)C2)n(C)c1=O. The Morgan fingerprint density at radius 3 is 2.78 bits per heavy atom.